The maximum atomic E-state index is 12.4. The van der Waals surface area contributed by atoms with Crippen molar-refractivity contribution in [1.29, 1.82) is 0 Å². The molecule has 0 aliphatic rings. The number of ether oxygens (including phenoxy) is 2. The number of imidazole rings is 1. The third kappa shape index (κ3) is 5.09. The van der Waals surface area contributed by atoms with Gasteiger partial charge in [0.2, 0.25) is 15.0 Å². The molecule has 0 unspecified atom stereocenters. The summed E-state index contributed by atoms with van der Waals surface area (Å²) in [5.41, 5.74) is 1.97. The van der Waals surface area contributed by atoms with Crippen molar-refractivity contribution < 1.29 is 17.9 Å². The van der Waals surface area contributed by atoms with E-state index in [0.717, 1.165) is 17.0 Å². The molecule has 0 bridgehead atoms. The Bertz CT molecular complexity index is 848. The van der Waals surface area contributed by atoms with E-state index in [1.54, 1.807) is 31.9 Å². The molecular formula is C19H29N3O4S. The second kappa shape index (κ2) is 9.34. The van der Waals surface area contributed by atoms with E-state index < -0.39 is 9.84 Å². The first kappa shape index (κ1) is 21.4. The molecular weight excluding hydrogens is 366 g/mol. The van der Waals surface area contributed by atoms with Gasteiger partial charge in [0, 0.05) is 26.2 Å². The zero-order valence-electron chi connectivity index (χ0n) is 16.7. The van der Waals surface area contributed by atoms with Crippen molar-refractivity contribution in [3.63, 3.8) is 0 Å². The number of sulfone groups is 1. The minimum atomic E-state index is -3.39. The number of benzene rings is 1. The fourth-order valence-electron chi connectivity index (χ4n) is 2.87. The fraction of sp³-hybridized carbons (Fsp3) is 0.526. The number of nitrogens with zero attached hydrogens (tertiary/aromatic N) is 3. The molecule has 0 radical (unpaired) electrons. The Labute approximate surface area is 161 Å². The largest absolute Gasteiger partial charge is 0.497 e. The highest BCUT2D eigenvalue weighted by atomic mass is 32.2. The van der Waals surface area contributed by atoms with Crippen molar-refractivity contribution in [2.45, 2.75) is 38.1 Å². The van der Waals surface area contributed by atoms with Crippen LogP contribution in [0.25, 0.3) is 0 Å². The molecule has 0 spiro atoms. The van der Waals surface area contributed by atoms with Crippen LogP contribution in [-0.2, 0) is 27.7 Å². The highest BCUT2D eigenvalue weighted by Crippen LogP contribution is 2.25. The molecule has 2 rings (SSSR count). The quantitative estimate of drug-likeness (QED) is 0.615. The van der Waals surface area contributed by atoms with Gasteiger partial charge in [-0.3, -0.25) is 4.90 Å². The van der Waals surface area contributed by atoms with Gasteiger partial charge < -0.3 is 14.0 Å². The second-order valence-electron chi connectivity index (χ2n) is 6.45. The van der Waals surface area contributed by atoms with Crippen LogP contribution in [0.3, 0.4) is 0 Å². The van der Waals surface area contributed by atoms with Gasteiger partial charge in [0.15, 0.2) is 0 Å². The lowest BCUT2D eigenvalue weighted by atomic mass is 10.1. The molecule has 150 valence electrons. The van der Waals surface area contributed by atoms with E-state index in [1.165, 1.54) is 0 Å². The third-order valence-electron chi connectivity index (χ3n) is 4.73. The lowest BCUT2D eigenvalue weighted by Gasteiger charge is -2.26. The van der Waals surface area contributed by atoms with Gasteiger partial charge in [-0.15, -0.1) is 0 Å². The van der Waals surface area contributed by atoms with Gasteiger partial charge in [-0.1, -0.05) is 19.1 Å². The molecule has 1 heterocycles. The van der Waals surface area contributed by atoms with Crippen molar-refractivity contribution in [3.8, 4) is 5.75 Å². The van der Waals surface area contributed by atoms with Crippen LogP contribution in [0, 0.1) is 0 Å². The summed E-state index contributed by atoms with van der Waals surface area (Å²) < 4.78 is 36.9. The van der Waals surface area contributed by atoms with Gasteiger partial charge in [-0.25, -0.2) is 13.4 Å². The minimum absolute atomic E-state index is 0.0203. The van der Waals surface area contributed by atoms with Crippen LogP contribution >= 0.6 is 0 Å². The van der Waals surface area contributed by atoms with E-state index in [2.05, 4.69) is 22.9 Å². The standard InChI is InChI=1S/C19H29N3O4S/c1-6-27(23,24)19-20-13-17(22(19)10-11-25-4)14-21(3)15(2)16-8-7-9-18(12-16)26-5/h7-9,12-13,15H,6,10-11,14H2,1-5H3/t15-/m1/s1. The number of rotatable bonds is 10. The van der Waals surface area contributed by atoms with E-state index in [4.69, 9.17) is 9.47 Å². The summed E-state index contributed by atoms with van der Waals surface area (Å²) in [4.78, 5) is 6.35. The van der Waals surface area contributed by atoms with Crippen molar-refractivity contribution in [2.75, 3.05) is 33.6 Å². The van der Waals surface area contributed by atoms with Gasteiger partial charge in [0.25, 0.3) is 0 Å². The number of aromatic nitrogens is 2. The van der Waals surface area contributed by atoms with E-state index in [9.17, 15) is 8.42 Å². The summed E-state index contributed by atoms with van der Waals surface area (Å²) in [5.74, 6) is 0.834. The maximum absolute atomic E-state index is 12.4. The average molecular weight is 396 g/mol. The molecule has 27 heavy (non-hydrogen) atoms. The summed E-state index contributed by atoms with van der Waals surface area (Å²) in [5, 5.41) is 0.111. The first-order chi connectivity index (χ1) is 12.8. The number of hydrogen-bond acceptors (Lipinski definition) is 6. The first-order valence-electron chi connectivity index (χ1n) is 8.94. The molecule has 0 N–H and O–H groups in total. The van der Waals surface area contributed by atoms with Gasteiger partial charge in [0.05, 0.1) is 31.4 Å². The molecule has 1 aromatic carbocycles. The van der Waals surface area contributed by atoms with E-state index in [0.29, 0.717) is 19.7 Å². The zero-order valence-corrected chi connectivity index (χ0v) is 17.5. The van der Waals surface area contributed by atoms with Crippen LogP contribution in [0.1, 0.15) is 31.1 Å². The van der Waals surface area contributed by atoms with Crippen molar-refractivity contribution >= 4 is 9.84 Å². The predicted molar refractivity (Wildman–Crippen MR) is 105 cm³/mol. The highest BCUT2D eigenvalue weighted by Gasteiger charge is 2.23. The Kier molecular flexibility index (Phi) is 7.41. The van der Waals surface area contributed by atoms with Crippen LogP contribution in [-0.4, -0.2) is 56.5 Å². The minimum Gasteiger partial charge on any atom is -0.497 e. The van der Waals surface area contributed by atoms with Crippen LogP contribution < -0.4 is 4.74 Å². The summed E-state index contributed by atoms with van der Waals surface area (Å²) in [6, 6.07) is 8.07. The Balaban J connectivity index is 2.27. The Morgan fingerprint density at radius 1 is 1.30 bits per heavy atom. The Hall–Kier alpha value is -1.90. The molecule has 0 saturated carbocycles. The molecule has 1 aromatic heterocycles. The second-order valence-corrected chi connectivity index (χ2v) is 8.62. The van der Waals surface area contributed by atoms with Crippen LogP contribution in [0.15, 0.2) is 35.6 Å². The molecule has 0 aliphatic carbocycles. The molecule has 0 amide bonds. The SMILES string of the molecule is CCS(=O)(=O)c1ncc(CN(C)[C@H](C)c2cccc(OC)c2)n1CCOC. The molecule has 0 aliphatic heterocycles. The van der Waals surface area contributed by atoms with Gasteiger partial charge in [0.1, 0.15) is 5.75 Å². The average Bonchev–Trinajstić information content (AvgIpc) is 3.08. The highest BCUT2D eigenvalue weighted by molar-refractivity contribution is 7.91. The normalized spacial score (nSPS) is 13.1. The third-order valence-corrected chi connectivity index (χ3v) is 6.37. The van der Waals surface area contributed by atoms with Gasteiger partial charge in [-0.05, 0) is 31.7 Å². The molecule has 7 nitrogen and oxygen atoms in total. The van der Waals surface area contributed by atoms with Crippen molar-refractivity contribution in [2.24, 2.45) is 0 Å². The lowest BCUT2D eigenvalue weighted by Crippen LogP contribution is -2.25. The van der Waals surface area contributed by atoms with Crippen molar-refractivity contribution in [1.82, 2.24) is 14.5 Å². The maximum Gasteiger partial charge on any atom is 0.227 e. The Morgan fingerprint density at radius 2 is 2.04 bits per heavy atom. The molecule has 0 saturated heterocycles. The van der Waals surface area contributed by atoms with Crippen molar-refractivity contribution in [3.05, 3.63) is 41.7 Å². The predicted octanol–water partition coefficient (Wildman–Crippen LogP) is 2.52. The van der Waals surface area contributed by atoms with Gasteiger partial charge in [-0.2, -0.15) is 0 Å². The zero-order chi connectivity index (χ0) is 20.0. The summed E-state index contributed by atoms with van der Waals surface area (Å²) in [7, 11) is 1.86. The number of methoxy groups -OCH3 is 2. The van der Waals surface area contributed by atoms with Crippen LogP contribution in [0.2, 0.25) is 0 Å². The first-order valence-corrected chi connectivity index (χ1v) is 10.6. The topological polar surface area (TPSA) is 73.7 Å². The van der Waals surface area contributed by atoms with E-state index in [1.807, 2.05) is 25.2 Å². The fourth-order valence-corrected chi connectivity index (χ4v) is 3.88. The summed E-state index contributed by atoms with van der Waals surface area (Å²) in [6.07, 6.45) is 1.65. The van der Waals surface area contributed by atoms with E-state index in [-0.39, 0.29) is 17.0 Å². The summed E-state index contributed by atoms with van der Waals surface area (Å²) >= 11 is 0. The molecule has 0 fully saturated rings. The molecule has 1 atom stereocenters. The lowest BCUT2D eigenvalue weighted by molar-refractivity contribution is 0.180. The van der Waals surface area contributed by atoms with E-state index >= 15 is 0 Å². The van der Waals surface area contributed by atoms with Crippen LogP contribution in [0.5, 0.6) is 5.75 Å². The summed E-state index contributed by atoms with van der Waals surface area (Å²) in [6.45, 7) is 5.16. The monoisotopic (exact) mass is 395 g/mol. The molecule has 8 heteroatoms. The Morgan fingerprint density at radius 3 is 2.67 bits per heavy atom. The van der Waals surface area contributed by atoms with Crippen LogP contribution in [0.4, 0.5) is 0 Å². The smallest absolute Gasteiger partial charge is 0.227 e. The number of hydrogen-bond donors (Lipinski definition) is 0. The van der Waals surface area contributed by atoms with Gasteiger partial charge >= 0.3 is 0 Å². The molecule has 2 aromatic rings.